The van der Waals surface area contributed by atoms with Crippen LogP contribution >= 0.6 is 0 Å². The van der Waals surface area contributed by atoms with Crippen molar-refractivity contribution in [3.05, 3.63) is 77.1 Å². The molecule has 6 nitrogen and oxygen atoms in total. The summed E-state index contributed by atoms with van der Waals surface area (Å²) in [5.41, 5.74) is 6.08. The highest BCUT2D eigenvalue weighted by molar-refractivity contribution is 5.95. The number of amides is 1. The number of morpholine rings is 1. The monoisotopic (exact) mass is 418 g/mol. The summed E-state index contributed by atoms with van der Waals surface area (Å²) in [5.74, 6) is -0.00697. The van der Waals surface area contributed by atoms with E-state index in [0.717, 1.165) is 49.7 Å². The van der Waals surface area contributed by atoms with E-state index in [0.29, 0.717) is 12.1 Å². The van der Waals surface area contributed by atoms with Gasteiger partial charge in [-0.3, -0.25) is 4.79 Å². The molecule has 1 aromatic heterocycles. The smallest absolute Gasteiger partial charge is 0.257 e. The second-order valence-electron chi connectivity index (χ2n) is 8.03. The Kier molecular flexibility index (Phi) is 6.37. The summed E-state index contributed by atoms with van der Waals surface area (Å²) < 4.78 is 7.30. The second-order valence-corrected chi connectivity index (χ2v) is 8.03. The van der Waals surface area contributed by atoms with Crippen LogP contribution < -0.4 is 4.90 Å². The molecule has 0 saturated carbocycles. The third-order valence-electron chi connectivity index (χ3n) is 5.79. The predicted octanol–water partition coefficient (Wildman–Crippen LogP) is 3.85. The minimum atomic E-state index is -0.00697. The molecule has 1 aliphatic rings. The molecule has 162 valence electrons. The van der Waals surface area contributed by atoms with Crippen molar-refractivity contribution in [3.8, 4) is 5.69 Å². The van der Waals surface area contributed by atoms with Crippen LogP contribution in [0.15, 0.2) is 54.7 Å². The molecule has 0 bridgehead atoms. The fourth-order valence-corrected chi connectivity index (χ4v) is 3.99. The first kappa shape index (κ1) is 21.1. The molecule has 0 aliphatic carbocycles. The molecular weight excluding hydrogens is 388 g/mol. The second kappa shape index (κ2) is 9.35. The van der Waals surface area contributed by atoms with Crippen LogP contribution in [-0.2, 0) is 17.7 Å². The van der Waals surface area contributed by atoms with Gasteiger partial charge in [-0.2, -0.15) is 5.10 Å². The van der Waals surface area contributed by atoms with Gasteiger partial charge in [-0.05, 0) is 43.2 Å². The number of aromatic nitrogens is 2. The van der Waals surface area contributed by atoms with Gasteiger partial charge in [0.15, 0.2) is 0 Å². The highest BCUT2D eigenvalue weighted by Crippen LogP contribution is 2.20. The summed E-state index contributed by atoms with van der Waals surface area (Å²) in [6, 6.07) is 16.7. The molecule has 0 atom stereocenters. The van der Waals surface area contributed by atoms with Crippen molar-refractivity contribution >= 4 is 11.6 Å². The minimum Gasteiger partial charge on any atom is -0.378 e. The lowest BCUT2D eigenvalue weighted by Gasteiger charge is -2.29. The summed E-state index contributed by atoms with van der Waals surface area (Å²) in [5, 5.41) is 4.51. The molecule has 4 rings (SSSR count). The number of carbonyl (C=O) groups is 1. The van der Waals surface area contributed by atoms with Gasteiger partial charge >= 0.3 is 0 Å². The summed E-state index contributed by atoms with van der Waals surface area (Å²) >= 11 is 0. The van der Waals surface area contributed by atoms with Crippen LogP contribution in [0.4, 0.5) is 5.69 Å². The number of hydrogen-bond acceptors (Lipinski definition) is 4. The maximum absolute atomic E-state index is 13.2. The SMILES string of the molecule is CCc1c(C(=O)N(C)Cc2ccc(N3CCOCC3)cc2)cnn1-c1ccc(C)cc1. The zero-order chi connectivity index (χ0) is 21.8. The first-order valence-corrected chi connectivity index (χ1v) is 10.9. The van der Waals surface area contributed by atoms with Gasteiger partial charge in [0.25, 0.3) is 5.91 Å². The zero-order valence-corrected chi connectivity index (χ0v) is 18.5. The predicted molar refractivity (Wildman–Crippen MR) is 123 cm³/mol. The molecular formula is C25H30N4O2. The molecule has 1 fully saturated rings. The Hall–Kier alpha value is -3.12. The number of ether oxygens (including phenoxy) is 1. The first-order chi connectivity index (χ1) is 15.1. The van der Waals surface area contributed by atoms with Crippen molar-refractivity contribution in [1.82, 2.24) is 14.7 Å². The Morgan fingerprint density at radius 3 is 2.32 bits per heavy atom. The largest absolute Gasteiger partial charge is 0.378 e. The van der Waals surface area contributed by atoms with Crippen LogP contribution in [0.5, 0.6) is 0 Å². The van der Waals surface area contributed by atoms with E-state index in [1.165, 1.54) is 11.3 Å². The average Bonchev–Trinajstić information content (AvgIpc) is 3.24. The van der Waals surface area contributed by atoms with Crippen molar-refractivity contribution in [2.24, 2.45) is 0 Å². The normalized spacial score (nSPS) is 14.0. The molecule has 1 amide bonds. The van der Waals surface area contributed by atoms with E-state index in [1.54, 1.807) is 11.1 Å². The fourth-order valence-electron chi connectivity index (χ4n) is 3.99. The molecule has 0 N–H and O–H groups in total. The molecule has 1 aliphatic heterocycles. The van der Waals surface area contributed by atoms with Crippen molar-refractivity contribution in [3.63, 3.8) is 0 Å². The number of carbonyl (C=O) groups excluding carboxylic acids is 1. The van der Waals surface area contributed by atoms with Crippen LogP contribution in [0.25, 0.3) is 5.69 Å². The summed E-state index contributed by atoms with van der Waals surface area (Å²) in [4.78, 5) is 17.3. The maximum atomic E-state index is 13.2. The summed E-state index contributed by atoms with van der Waals surface area (Å²) in [6.07, 6.45) is 2.43. The van der Waals surface area contributed by atoms with Gasteiger partial charge in [0, 0.05) is 32.4 Å². The topological polar surface area (TPSA) is 50.6 Å². The first-order valence-electron chi connectivity index (χ1n) is 10.9. The van der Waals surface area contributed by atoms with Crippen LogP contribution in [0.2, 0.25) is 0 Å². The van der Waals surface area contributed by atoms with Gasteiger partial charge in [0.1, 0.15) is 0 Å². The molecule has 0 radical (unpaired) electrons. The number of hydrogen-bond donors (Lipinski definition) is 0. The number of benzene rings is 2. The Morgan fingerprint density at radius 1 is 1.03 bits per heavy atom. The molecule has 2 heterocycles. The fraction of sp³-hybridized carbons (Fsp3) is 0.360. The third kappa shape index (κ3) is 4.64. The molecule has 0 unspecified atom stereocenters. The minimum absolute atomic E-state index is 0.00697. The van der Waals surface area contributed by atoms with Crippen LogP contribution in [0.1, 0.15) is 34.1 Å². The van der Waals surface area contributed by atoms with Gasteiger partial charge in [-0.1, -0.05) is 36.8 Å². The molecule has 3 aromatic rings. The molecule has 1 saturated heterocycles. The van der Waals surface area contributed by atoms with E-state index in [-0.39, 0.29) is 5.91 Å². The van der Waals surface area contributed by atoms with Gasteiger partial charge in [0.05, 0.1) is 36.4 Å². The Balaban J connectivity index is 1.47. The maximum Gasteiger partial charge on any atom is 0.257 e. The van der Waals surface area contributed by atoms with Gasteiger partial charge in [-0.25, -0.2) is 4.68 Å². The van der Waals surface area contributed by atoms with Gasteiger partial charge < -0.3 is 14.5 Å². The Labute approximate surface area is 184 Å². The van der Waals surface area contributed by atoms with E-state index < -0.39 is 0 Å². The summed E-state index contributed by atoms with van der Waals surface area (Å²) in [7, 11) is 1.85. The lowest BCUT2D eigenvalue weighted by Crippen LogP contribution is -2.36. The lowest BCUT2D eigenvalue weighted by molar-refractivity contribution is 0.0784. The van der Waals surface area contributed by atoms with E-state index in [9.17, 15) is 4.79 Å². The van der Waals surface area contributed by atoms with Crippen molar-refractivity contribution in [2.75, 3.05) is 38.3 Å². The van der Waals surface area contributed by atoms with E-state index >= 15 is 0 Å². The zero-order valence-electron chi connectivity index (χ0n) is 18.5. The van der Waals surface area contributed by atoms with Gasteiger partial charge in [-0.15, -0.1) is 0 Å². The molecule has 31 heavy (non-hydrogen) atoms. The number of nitrogens with zero attached hydrogens (tertiary/aromatic N) is 4. The van der Waals surface area contributed by atoms with Gasteiger partial charge in [0.2, 0.25) is 0 Å². The lowest BCUT2D eigenvalue weighted by atomic mass is 10.1. The van der Waals surface area contributed by atoms with Crippen LogP contribution in [0.3, 0.4) is 0 Å². The van der Waals surface area contributed by atoms with Crippen molar-refractivity contribution in [2.45, 2.75) is 26.8 Å². The Morgan fingerprint density at radius 2 is 1.68 bits per heavy atom. The van der Waals surface area contributed by atoms with Crippen LogP contribution in [-0.4, -0.2) is 53.9 Å². The standard InChI is InChI=1S/C25H30N4O2/c1-4-24-23(17-26-29(24)22-9-5-19(2)6-10-22)25(30)27(3)18-20-7-11-21(12-8-20)28-13-15-31-16-14-28/h5-12,17H,4,13-16,18H2,1-3H3. The highest BCUT2D eigenvalue weighted by Gasteiger charge is 2.20. The highest BCUT2D eigenvalue weighted by atomic mass is 16.5. The van der Waals surface area contributed by atoms with E-state index in [4.69, 9.17) is 4.74 Å². The van der Waals surface area contributed by atoms with Crippen LogP contribution in [0, 0.1) is 6.92 Å². The van der Waals surface area contributed by atoms with E-state index in [1.807, 2.05) is 23.9 Å². The van der Waals surface area contributed by atoms with Crippen molar-refractivity contribution in [1.29, 1.82) is 0 Å². The number of rotatable bonds is 6. The summed E-state index contributed by atoms with van der Waals surface area (Å²) in [6.45, 7) is 8.06. The van der Waals surface area contributed by atoms with E-state index in [2.05, 4.69) is 60.2 Å². The number of aryl methyl sites for hydroxylation is 1. The number of anilines is 1. The quantitative estimate of drug-likeness (QED) is 0.610. The third-order valence-corrected chi connectivity index (χ3v) is 5.79. The Bertz CT molecular complexity index is 1020. The average molecular weight is 419 g/mol. The van der Waals surface area contributed by atoms with Crippen molar-refractivity contribution < 1.29 is 9.53 Å². The molecule has 2 aromatic carbocycles. The molecule has 6 heteroatoms. The molecule has 0 spiro atoms.